The van der Waals surface area contributed by atoms with Crippen molar-refractivity contribution in [2.24, 2.45) is 11.8 Å². The Kier molecular flexibility index (Phi) is 8.30. The van der Waals surface area contributed by atoms with E-state index in [0.717, 1.165) is 49.9 Å². The number of nitrogens with one attached hydrogen (secondary N) is 1. The van der Waals surface area contributed by atoms with E-state index in [4.69, 9.17) is 11.2 Å². The average Bonchev–Trinajstić information content (AvgIpc) is 3.27. The predicted octanol–water partition coefficient (Wildman–Crippen LogP) is 2.90. The van der Waals surface area contributed by atoms with Crippen molar-refractivity contribution in [2.45, 2.75) is 62.9 Å². The Labute approximate surface area is 205 Å². The summed E-state index contributed by atoms with van der Waals surface area (Å²) in [4.78, 5) is 26.8. The number of hydrogen-bond donors (Lipinski definition) is 2. The smallest absolute Gasteiger partial charge is 0.317 e. The first-order valence-corrected chi connectivity index (χ1v) is 13.1. The van der Waals surface area contributed by atoms with E-state index in [0.29, 0.717) is 5.82 Å². The molecule has 8 heteroatoms. The minimum atomic E-state index is -0.513. The van der Waals surface area contributed by atoms with Gasteiger partial charge in [-0.1, -0.05) is 31.7 Å². The molecule has 4 rings (SSSR count). The number of ether oxygens (including phenoxy) is 1. The fraction of sp³-hybridized carbons (Fsp3) is 0.538. The van der Waals surface area contributed by atoms with Crippen molar-refractivity contribution >= 4 is 29.0 Å². The van der Waals surface area contributed by atoms with Gasteiger partial charge < -0.3 is 15.4 Å². The Morgan fingerprint density at radius 3 is 2.74 bits per heavy atom. The van der Waals surface area contributed by atoms with Crippen LogP contribution >= 0.6 is 11.3 Å². The van der Waals surface area contributed by atoms with Gasteiger partial charge in [-0.05, 0) is 42.8 Å². The van der Waals surface area contributed by atoms with E-state index in [1.165, 1.54) is 12.8 Å². The molecule has 180 valence electrons. The minimum Gasteiger partial charge on any atom is -0.461 e. The maximum Gasteiger partial charge on any atom is 0.317 e. The Bertz CT molecular complexity index is 981. The molecule has 2 saturated carbocycles. The number of hydrogen-bond acceptors (Lipinski definition) is 6. The molecule has 7 nitrogen and oxygen atoms in total. The van der Waals surface area contributed by atoms with E-state index in [-0.39, 0.29) is 36.4 Å². The largest absolute Gasteiger partial charge is 0.461 e. The highest BCUT2D eigenvalue weighted by Gasteiger charge is 2.48. The van der Waals surface area contributed by atoms with Crippen molar-refractivity contribution in [3.05, 3.63) is 40.7 Å². The second-order valence-electron chi connectivity index (χ2n) is 9.32. The van der Waals surface area contributed by atoms with E-state index in [2.05, 4.69) is 27.5 Å². The van der Waals surface area contributed by atoms with Gasteiger partial charge in [-0.3, -0.25) is 9.59 Å². The van der Waals surface area contributed by atoms with Gasteiger partial charge >= 0.3 is 5.97 Å². The van der Waals surface area contributed by atoms with Gasteiger partial charge in [0.1, 0.15) is 11.5 Å². The zero-order valence-electron chi connectivity index (χ0n) is 19.4. The van der Waals surface area contributed by atoms with Crippen LogP contribution in [-0.4, -0.2) is 41.3 Å². The highest BCUT2D eigenvalue weighted by Crippen LogP contribution is 2.45. The molecule has 2 aliphatic carbocycles. The molecule has 0 aliphatic heterocycles. The molecule has 2 aliphatic rings. The molecule has 3 N–H and O–H groups in total. The molecule has 0 aromatic carbocycles. The second-order valence-corrected chi connectivity index (χ2v) is 10.3. The van der Waals surface area contributed by atoms with Gasteiger partial charge in [0.05, 0.1) is 6.54 Å². The summed E-state index contributed by atoms with van der Waals surface area (Å²) in [5.74, 6) is 3.36. The number of quaternary nitrogens is 1. The number of amides is 1. The SMILES string of the molecule is C#CC1CC(OC(=O)C2(c3cccs3)CCCCCC2)C1CC[NH2+]CC(=O)Nc1cccnn1. The number of terminal acetylenes is 1. The van der Waals surface area contributed by atoms with Crippen LogP contribution in [0.15, 0.2) is 35.8 Å². The third-order valence-electron chi connectivity index (χ3n) is 7.17. The standard InChI is InChI=1S/C26H32N4O3S/c1-2-19-17-21(20(19)11-15-27-18-24(31)29-23-10-7-14-28-30-23)33-25(32)26(22-9-8-16-34-22)12-5-3-4-6-13-26/h1,7-10,14,16,19-21,27H,3-6,11-13,15,17-18H2,(H,29,30,31)/p+1. The van der Waals surface area contributed by atoms with Crippen molar-refractivity contribution in [3.8, 4) is 12.3 Å². The number of nitrogens with zero attached hydrogens (tertiary/aromatic N) is 2. The van der Waals surface area contributed by atoms with Gasteiger partial charge in [-0.25, -0.2) is 0 Å². The van der Waals surface area contributed by atoms with Crippen LogP contribution in [0.1, 0.15) is 56.2 Å². The first-order chi connectivity index (χ1) is 16.6. The highest BCUT2D eigenvalue weighted by molar-refractivity contribution is 7.10. The lowest BCUT2D eigenvalue weighted by Gasteiger charge is -2.43. The zero-order valence-corrected chi connectivity index (χ0v) is 20.3. The molecule has 2 aromatic heterocycles. The molecule has 0 saturated heterocycles. The Hall–Kier alpha value is -2.76. The Morgan fingerprint density at radius 2 is 2.06 bits per heavy atom. The van der Waals surface area contributed by atoms with Gasteiger partial charge in [0.25, 0.3) is 5.91 Å². The van der Waals surface area contributed by atoms with Gasteiger partial charge in [0, 0.05) is 29.3 Å². The van der Waals surface area contributed by atoms with Crippen molar-refractivity contribution in [1.82, 2.24) is 10.2 Å². The second kappa shape index (κ2) is 11.6. The summed E-state index contributed by atoms with van der Waals surface area (Å²) in [5, 5.41) is 14.3. The first-order valence-electron chi connectivity index (χ1n) is 12.2. The summed E-state index contributed by atoms with van der Waals surface area (Å²) in [5.41, 5.74) is -0.513. The van der Waals surface area contributed by atoms with E-state index in [9.17, 15) is 9.59 Å². The number of anilines is 1. The number of esters is 1. The molecule has 0 spiro atoms. The normalized spacial score (nSPS) is 23.7. The van der Waals surface area contributed by atoms with Crippen LogP contribution in [0.2, 0.25) is 0 Å². The molecular weight excluding hydrogens is 448 g/mol. The maximum absolute atomic E-state index is 13.6. The number of carbonyl (C=O) groups is 2. The minimum absolute atomic E-state index is 0.0744. The molecule has 3 atom stereocenters. The van der Waals surface area contributed by atoms with Crippen molar-refractivity contribution < 1.29 is 19.6 Å². The predicted molar refractivity (Wildman–Crippen MR) is 131 cm³/mol. The number of rotatable bonds is 9. The molecule has 0 bridgehead atoms. The molecular formula is C26H33N4O3S+. The van der Waals surface area contributed by atoms with Crippen molar-refractivity contribution in [2.75, 3.05) is 18.4 Å². The number of nitrogens with two attached hydrogens (primary N) is 1. The average molecular weight is 482 g/mol. The van der Waals surface area contributed by atoms with Crippen LogP contribution in [-0.2, 0) is 19.7 Å². The lowest BCUT2D eigenvalue weighted by molar-refractivity contribution is -0.645. The van der Waals surface area contributed by atoms with E-state index in [1.807, 2.05) is 16.8 Å². The van der Waals surface area contributed by atoms with Gasteiger partial charge in [-0.2, -0.15) is 5.10 Å². The zero-order chi connectivity index (χ0) is 23.8. The van der Waals surface area contributed by atoms with Crippen LogP contribution in [0, 0.1) is 24.2 Å². The highest BCUT2D eigenvalue weighted by atomic mass is 32.1. The fourth-order valence-corrected chi connectivity index (χ4v) is 6.14. The summed E-state index contributed by atoms with van der Waals surface area (Å²) < 4.78 is 6.17. The van der Waals surface area contributed by atoms with Gasteiger partial charge in [0.15, 0.2) is 12.4 Å². The third-order valence-corrected chi connectivity index (χ3v) is 8.24. The van der Waals surface area contributed by atoms with Crippen LogP contribution in [0.5, 0.6) is 0 Å². The van der Waals surface area contributed by atoms with Crippen molar-refractivity contribution in [3.63, 3.8) is 0 Å². The Morgan fingerprint density at radius 1 is 1.24 bits per heavy atom. The quantitative estimate of drug-likeness (QED) is 0.248. The van der Waals surface area contributed by atoms with Crippen molar-refractivity contribution in [1.29, 1.82) is 0 Å². The molecule has 34 heavy (non-hydrogen) atoms. The summed E-state index contributed by atoms with van der Waals surface area (Å²) >= 11 is 1.66. The molecule has 2 aromatic rings. The number of thiophene rings is 1. The lowest BCUT2D eigenvalue weighted by Crippen LogP contribution is -2.86. The summed E-state index contributed by atoms with van der Waals surface area (Å²) in [7, 11) is 0. The van der Waals surface area contributed by atoms with E-state index >= 15 is 0 Å². The molecule has 3 unspecified atom stereocenters. The third kappa shape index (κ3) is 5.65. The summed E-state index contributed by atoms with van der Waals surface area (Å²) in [6, 6.07) is 7.53. The van der Waals surface area contributed by atoms with Crippen LogP contribution in [0.25, 0.3) is 0 Å². The van der Waals surface area contributed by atoms with E-state index in [1.54, 1.807) is 29.7 Å². The number of aromatic nitrogens is 2. The monoisotopic (exact) mass is 481 g/mol. The molecule has 2 fully saturated rings. The number of carbonyl (C=O) groups excluding carboxylic acids is 2. The van der Waals surface area contributed by atoms with Gasteiger partial charge in [0.2, 0.25) is 0 Å². The molecule has 1 amide bonds. The summed E-state index contributed by atoms with van der Waals surface area (Å²) in [6.07, 6.45) is 14.9. The van der Waals surface area contributed by atoms with Gasteiger partial charge in [-0.15, -0.1) is 28.8 Å². The summed E-state index contributed by atoms with van der Waals surface area (Å²) in [6.45, 7) is 1.02. The molecule has 2 heterocycles. The lowest BCUT2D eigenvalue weighted by atomic mass is 9.69. The molecule has 0 radical (unpaired) electrons. The topological polar surface area (TPSA) is 97.8 Å². The van der Waals surface area contributed by atoms with Crippen LogP contribution in [0.4, 0.5) is 5.82 Å². The Balaban J connectivity index is 1.30. The fourth-order valence-electron chi connectivity index (χ4n) is 5.17. The van der Waals surface area contributed by atoms with Crippen LogP contribution < -0.4 is 10.6 Å². The first kappa shape index (κ1) is 24.4. The van der Waals surface area contributed by atoms with Crippen LogP contribution in [0.3, 0.4) is 0 Å². The van der Waals surface area contributed by atoms with E-state index < -0.39 is 5.41 Å². The maximum atomic E-state index is 13.6.